The van der Waals surface area contributed by atoms with Crippen molar-refractivity contribution in [2.75, 3.05) is 24.5 Å². The van der Waals surface area contributed by atoms with Gasteiger partial charge in [-0.25, -0.2) is 4.98 Å². The maximum absolute atomic E-state index is 4.51. The molecule has 1 aromatic rings. The number of aryl methyl sites for hydroxylation is 1. The van der Waals surface area contributed by atoms with Gasteiger partial charge in [-0.15, -0.1) is 0 Å². The average molecular weight is 205 g/mol. The van der Waals surface area contributed by atoms with Gasteiger partial charge in [0.25, 0.3) is 0 Å². The van der Waals surface area contributed by atoms with Crippen molar-refractivity contribution in [2.24, 2.45) is 0 Å². The molecule has 1 fully saturated rings. The lowest BCUT2D eigenvalue weighted by atomic mass is 10.2. The summed E-state index contributed by atoms with van der Waals surface area (Å²) in [5.41, 5.74) is 1.31. The van der Waals surface area contributed by atoms with Gasteiger partial charge in [0.1, 0.15) is 5.82 Å². The van der Waals surface area contributed by atoms with Crippen molar-refractivity contribution in [3.63, 3.8) is 0 Å². The van der Waals surface area contributed by atoms with Crippen LogP contribution in [0.15, 0.2) is 18.3 Å². The minimum absolute atomic E-state index is 0.561. The van der Waals surface area contributed by atoms with E-state index in [0.717, 1.165) is 31.9 Å². The van der Waals surface area contributed by atoms with Gasteiger partial charge in [0.15, 0.2) is 0 Å². The lowest BCUT2D eigenvalue weighted by Crippen LogP contribution is -2.49. The Morgan fingerprint density at radius 3 is 3.00 bits per heavy atom. The Morgan fingerprint density at radius 2 is 2.40 bits per heavy atom. The molecule has 3 nitrogen and oxygen atoms in total. The highest BCUT2D eigenvalue weighted by Crippen LogP contribution is 2.13. The zero-order valence-corrected chi connectivity index (χ0v) is 9.53. The smallest absolute Gasteiger partial charge is 0.128 e. The molecule has 2 rings (SSSR count). The van der Waals surface area contributed by atoms with Crippen molar-refractivity contribution < 1.29 is 0 Å². The fourth-order valence-corrected chi connectivity index (χ4v) is 1.95. The van der Waals surface area contributed by atoms with Gasteiger partial charge in [-0.1, -0.05) is 13.0 Å². The van der Waals surface area contributed by atoms with Gasteiger partial charge in [0, 0.05) is 31.9 Å². The third-order valence-electron chi connectivity index (χ3n) is 2.91. The predicted octanol–water partition coefficient (Wildman–Crippen LogP) is 1.44. The minimum Gasteiger partial charge on any atom is -0.354 e. The number of piperazine rings is 1. The van der Waals surface area contributed by atoms with Crippen molar-refractivity contribution in [1.82, 2.24) is 10.3 Å². The maximum atomic E-state index is 4.51. The number of nitrogens with one attached hydrogen (secondary N) is 1. The van der Waals surface area contributed by atoms with E-state index in [2.05, 4.69) is 41.2 Å². The van der Waals surface area contributed by atoms with Crippen LogP contribution >= 0.6 is 0 Å². The summed E-state index contributed by atoms with van der Waals surface area (Å²) >= 11 is 0. The molecule has 0 aliphatic carbocycles. The number of hydrogen-bond donors (Lipinski definition) is 1. The molecule has 15 heavy (non-hydrogen) atoms. The average Bonchev–Trinajstić information content (AvgIpc) is 2.29. The summed E-state index contributed by atoms with van der Waals surface area (Å²) in [4.78, 5) is 6.85. The Morgan fingerprint density at radius 1 is 1.53 bits per heavy atom. The number of aromatic nitrogens is 1. The Hall–Kier alpha value is -1.09. The van der Waals surface area contributed by atoms with Crippen LogP contribution in [0, 0.1) is 0 Å². The van der Waals surface area contributed by atoms with Crippen LogP contribution in [0.1, 0.15) is 19.4 Å². The molecule has 1 atom stereocenters. The standard InChI is InChI=1S/C12H19N3/c1-3-11-4-5-12(14-8-11)15-7-6-13-10(2)9-15/h4-5,8,10,13H,3,6-7,9H2,1-2H3. The first kappa shape index (κ1) is 10.4. The summed E-state index contributed by atoms with van der Waals surface area (Å²) < 4.78 is 0. The third kappa shape index (κ3) is 2.48. The number of nitrogens with zero attached hydrogens (tertiary/aromatic N) is 2. The Labute approximate surface area is 91.5 Å². The van der Waals surface area contributed by atoms with Gasteiger partial charge >= 0.3 is 0 Å². The minimum atomic E-state index is 0.561. The molecule has 2 heterocycles. The van der Waals surface area contributed by atoms with Crippen LogP contribution in [-0.4, -0.2) is 30.7 Å². The zero-order chi connectivity index (χ0) is 10.7. The van der Waals surface area contributed by atoms with E-state index in [9.17, 15) is 0 Å². The molecule has 1 N–H and O–H groups in total. The number of rotatable bonds is 2. The van der Waals surface area contributed by atoms with E-state index < -0.39 is 0 Å². The van der Waals surface area contributed by atoms with Crippen LogP contribution < -0.4 is 10.2 Å². The van der Waals surface area contributed by atoms with Crippen LogP contribution in [0.5, 0.6) is 0 Å². The lowest BCUT2D eigenvalue weighted by molar-refractivity contribution is 0.482. The first-order valence-corrected chi connectivity index (χ1v) is 5.73. The number of pyridine rings is 1. The summed E-state index contributed by atoms with van der Waals surface area (Å²) in [5.74, 6) is 1.11. The van der Waals surface area contributed by atoms with E-state index in [1.807, 2.05) is 6.20 Å². The zero-order valence-electron chi connectivity index (χ0n) is 9.53. The molecule has 0 spiro atoms. The molecule has 0 radical (unpaired) electrons. The molecular formula is C12H19N3. The quantitative estimate of drug-likeness (QED) is 0.792. The van der Waals surface area contributed by atoms with Crippen molar-refractivity contribution in [2.45, 2.75) is 26.3 Å². The summed E-state index contributed by atoms with van der Waals surface area (Å²) in [6, 6.07) is 4.87. The Bertz CT molecular complexity index is 307. The molecule has 0 saturated carbocycles. The number of hydrogen-bond acceptors (Lipinski definition) is 3. The summed E-state index contributed by atoms with van der Waals surface area (Å²) in [5, 5.41) is 3.43. The van der Waals surface area contributed by atoms with Gasteiger partial charge in [-0.05, 0) is 25.0 Å². The van der Waals surface area contributed by atoms with Gasteiger partial charge in [-0.3, -0.25) is 0 Å². The Balaban J connectivity index is 2.07. The molecule has 1 saturated heterocycles. The Kier molecular flexibility index (Phi) is 3.21. The number of anilines is 1. The molecule has 82 valence electrons. The highest BCUT2D eigenvalue weighted by Gasteiger charge is 2.16. The lowest BCUT2D eigenvalue weighted by Gasteiger charge is -2.32. The molecular weight excluding hydrogens is 186 g/mol. The molecule has 3 heteroatoms. The van der Waals surface area contributed by atoms with Crippen LogP contribution in [-0.2, 0) is 6.42 Å². The molecule has 0 aromatic carbocycles. The largest absolute Gasteiger partial charge is 0.354 e. The fraction of sp³-hybridized carbons (Fsp3) is 0.583. The molecule has 0 amide bonds. The van der Waals surface area contributed by atoms with E-state index in [0.29, 0.717) is 6.04 Å². The van der Waals surface area contributed by atoms with Crippen LogP contribution in [0.2, 0.25) is 0 Å². The molecule has 1 aromatic heterocycles. The van der Waals surface area contributed by atoms with Crippen molar-refractivity contribution in [3.05, 3.63) is 23.9 Å². The second-order valence-electron chi connectivity index (χ2n) is 4.18. The maximum Gasteiger partial charge on any atom is 0.128 e. The fourth-order valence-electron chi connectivity index (χ4n) is 1.95. The monoisotopic (exact) mass is 205 g/mol. The first-order chi connectivity index (χ1) is 7.29. The summed E-state index contributed by atoms with van der Waals surface area (Å²) in [7, 11) is 0. The molecule has 1 aliphatic rings. The van der Waals surface area contributed by atoms with Gasteiger partial charge in [-0.2, -0.15) is 0 Å². The second-order valence-corrected chi connectivity index (χ2v) is 4.18. The van der Waals surface area contributed by atoms with Gasteiger partial charge in [0.05, 0.1) is 0 Å². The first-order valence-electron chi connectivity index (χ1n) is 5.73. The second kappa shape index (κ2) is 4.62. The molecule has 0 bridgehead atoms. The summed E-state index contributed by atoms with van der Waals surface area (Å²) in [6.07, 6.45) is 3.05. The highest BCUT2D eigenvalue weighted by molar-refractivity contribution is 5.40. The van der Waals surface area contributed by atoms with E-state index in [1.165, 1.54) is 5.56 Å². The highest BCUT2D eigenvalue weighted by atomic mass is 15.2. The van der Waals surface area contributed by atoms with Crippen molar-refractivity contribution in [3.8, 4) is 0 Å². The predicted molar refractivity (Wildman–Crippen MR) is 63.3 cm³/mol. The van der Waals surface area contributed by atoms with Gasteiger partial charge < -0.3 is 10.2 Å². The van der Waals surface area contributed by atoms with Crippen LogP contribution in [0.25, 0.3) is 0 Å². The third-order valence-corrected chi connectivity index (χ3v) is 2.91. The molecule has 1 unspecified atom stereocenters. The van der Waals surface area contributed by atoms with E-state index in [4.69, 9.17) is 0 Å². The van der Waals surface area contributed by atoms with Crippen molar-refractivity contribution in [1.29, 1.82) is 0 Å². The van der Waals surface area contributed by atoms with Crippen LogP contribution in [0.4, 0.5) is 5.82 Å². The normalized spacial score (nSPS) is 21.7. The van der Waals surface area contributed by atoms with Gasteiger partial charge in [0.2, 0.25) is 0 Å². The SMILES string of the molecule is CCc1ccc(N2CCNC(C)C2)nc1. The van der Waals surface area contributed by atoms with E-state index in [1.54, 1.807) is 0 Å². The van der Waals surface area contributed by atoms with Crippen molar-refractivity contribution >= 4 is 5.82 Å². The van der Waals surface area contributed by atoms with Crippen LogP contribution in [0.3, 0.4) is 0 Å². The topological polar surface area (TPSA) is 28.2 Å². The molecule has 1 aliphatic heterocycles. The van der Waals surface area contributed by atoms with E-state index in [-0.39, 0.29) is 0 Å². The van der Waals surface area contributed by atoms with E-state index >= 15 is 0 Å². The summed E-state index contributed by atoms with van der Waals surface area (Å²) in [6.45, 7) is 7.54.